The summed E-state index contributed by atoms with van der Waals surface area (Å²) < 4.78 is 0. The second-order valence-corrected chi connectivity index (χ2v) is 15.4. The molecule has 0 bridgehead atoms. The van der Waals surface area contributed by atoms with Gasteiger partial charge in [-0.05, 0) is 91.2 Å². The first-order chi connectivity index (χ1) is 19.2. The molecule has 5 aliphatic carbocycles. The fourth-order valence-corrected chi connectivity index (χ4v) is 10.4. The minimum Gasteiger partial charge on any atom is -0.346 e. The molecule has 0 aliphatic heterocycles. The van der Waals surface area contributed by atoms with Crippen molar-refractivity contribution in [3.8, 4) is 6.07 Å². The largest absolute Gasteiger partial charge is 0.346 e. The number of rotatable bonds is 2. The second-order valence-electron chi connectivity index (χ2n) is 15.4. The third-order valence-electron chi connectivity index (χ3n) is 12.9. The maximum absolute atomic E-state index is 14.6. The Labute approximate surface area is 244 Å². The summed E-state index contributed by atoms with van der Waals surface area (Å²) in [7, 11) is 0. The van der Waals surface area contributed by atoms with Crippen LogP contribution in [-0.4, -0.2) is 23.0 Å². The molecule has 1 aromatic carbocycles. The second kappa shape index (κ2) is 9.00. The Kier molecular flexibility index (Phi) is 6.17. The molecule has 1 N–H and O–H groups in total. The van der Waals surface area contributed by atoms with Crippen molar-refractivity contribution in [1.29, 1.82) is 5.26 Å². The highest BCUT2D eigenvalue weighted by Gasteiger charge is 2.69. The monoisotopic (exact) mass is 552 g/mol. The van der Waals surface area contributed by atoms with Crippen LogP contribution in [-0.2, 0) is 9.59 Å². The topological polar surface area (TPSA) is 87.0 Å². The van der Waals surface area contributed by atoms with Gasteiger partial charge in [0.2, 0.25) is 0 Å². The summed E-state index contributed by atoms with van der Waals surface area (Å²) in [6.45, 7) is 13.4. The zero-order valence-electron chi connectivity index (χ0n) is 25.5. The molecule has 3 saturated carbocycles. The molecule has 8 atom stereocenters. The van der Waals surface area contributed by atoms with E-state index in [0.717, 1.165) is 50.5 Å². The number of allylic oxidation sites excluding steroid dienone is 4. The zero-order valence-corrected chi connectivity index (χ0v) is 25.5. The molecular formula is C36H44N2O3. The highest BCUT2D eigenvalue weighted by Crippen LogP contribution is 2.72. The van der Waals surface area contributed by atoms with E-state index < -0.39 is 11.0 Å². The van der Waals surface area contributed by atoms with Crippen molar-refractivity contribution in [3.63, 3.8) is 0 Å². The predicted octanol–water partition coefficient (Wildman–Crippen LogP) is 7.00. The summed E-state index contributed by atoms with van der Waals surface area (Å²) in [5, 5.41) is 13.4. The van der Waals surface area contributed by atoms with Crippen molar-refractivity contribution in [2.24, 2.45) is 45.3 Å². The van der Waals surface area contributed by atoms with Crippen LogP contribution in [0.4, 0.5) is 0 Å². The number of hydrogen-bond donors (Lipinski definition) is 1. The molecule has 1 aromatic rings. The van der Waals surface area contributed by atoms with Gasteiger partial charge in [0.05, 0.1) is 5.57 Å². The first-order valence-electron chi connectivity index (χ1n) is 15.5. The summed E-state index contributed by atoms with van der Waals surface area (Å²) in [5.74, 6) is -0.249. The van der Waals surface area contributed by atoms with Crippen LogP contribution < -0.4 is 5.32 Å². The van der Waals surface area contributed by atoms with Gasteiger partial charge >= 0.3 is 0 Å². The maximum atomic E-state index is 14.6. The fraction of sp³-hybridized carbons (Fsp3) is 0.611. The van der Waals surface area contributed by atoms with Gasteiger partial charge in [0, 0.05) is 28.4 Å². The van der Waals surface area contributed by atoms with Crippen LogP contribution in [0.25, 0.3) is 0 Å². The lowest BCUT2D eigenvalue weighted by molar-refractivity contribution is -0.158. The highest BCUT2D eigenvalue weighted by molar-refractivity contribution is 6.02. The smallest absolute Gasteiger partial charge is 0.251 e. The van der Waals surface area contributed by atoms with Crippen LogP contribution in [0.3, 0.4) is 0 Å². The minimum absolute atomic E-state index is 0.0439. The molecule has 3 fully saturated rings. The number of benzene rings is 1. The average molecular weight is 553 g/mol. The van der Waals surface area contributed by atoms with Gasteiger partial charge in [0.1, 0.15) is 6.07 Å². The van der Waals surface area contributed by atoms with Crippen molar-refractivity contribution in [3.05, 3.63) is 59.2 Å². The van der Waals surface area contributed by atoms with Gasteiger partial charge in [-0.15, -0.1) is 0 Å². The summed E-state index contributed by atoms with van der Waals surface area (Å²) in [6.07, 6.45) is 10.2. The van der Waals surface area contributed by atoms with Crippen molar-refractivity contribution in [2.45, 2.75) is 92.0 Å². The number of amides is 1. The molecular weight excluding hydrogens is 508 g/mol. The van der Waals surface area contributed by atoms with E-state index in [4.69, 9.17) is 0 Å². The normalized spacial score (nSPS) is 42.8. The van der Waals surface area contributed by atoms with E-state index >= 15 is 0 Å². The molecule has 0 aromatic heterocycles. The number of carbonyl (C=O) groups excluding carboxylic acids is 3. The predicted molar refractivity (Wildman–Crippen MR) is 158 cm³/mol. The Morgan fingerprint density at radius 1 is 0.951 bits per heavy atom. The first-order valence-corrected chi connectivity index (χ1v) is 15.5. The van der Waals surface area contributed by atoms with Crippen LogP contribution in [0.2, 0.25) is 0 Å². The summed E-state index contributed by atoms with van der Waals surface area (Å²) in [4.78, 5) is 41.1. The van der Waals surface area contributed by atoms with Gasteiger partial charge in [-0.3, -0.25) is 14.4 Å². The Morgan fingerprint density at radius 2 is 1.63 bits per heavy atom. The number of nitriles is 1. The Morgan fingerprint density at radius 3 is 2.32 bits per heavy atom. The lowest BCUT2D eigenvalue weighted by Gasteiger charge is -2.68. The number of carbonyl (C=O) groups is 3. The van der Waals surface area contributed by atoms with Crippen molar-refractivity contribution in [2.75, 3.05) is 0 Å². The van der Waals surface area contributed by atoms with Gasteiger partial charge in [0.15, 0.2) is 11.6 Å². The van der Waals surface area contributed by atoms with E-state index in [0.29, 0.717) is 5.56 Å². The van der Waals surface area contributed by atoms with Gasteiger partial charge in [-0.25, -0.2) is 0 Å². The van der Waals surface area contributed by atoms with Gasteiger partial charge < -0.3 is 5.32 Å². The molecule has 0 heterocycles. The summed E-state index contributed by atoms with van der Waals surface area (Å²) >= 11 is 0. The lowest BCUT2D eigenvalue weighted by Crippen LogP contribution is -2.69. The van der Waals surface area contributed by atoms with E-state index in [2.05, 4.69) is 46.0 Å². The summed E-state index contributed by atoms with van der Waals surface area (Å²) in [6, 6.07) is 11.6. The molecule has 216 valence electrons. The molecule has 6 rings (SSSR count). The minimum atomic E-state index is -0.503. The van der Waals surface area contributed by atoms with Gasteiger partial charge in [-0.1, -0.05) is 71.4 Å². The van der Waals surface area contributed by atoms with E-state index in [1.807, 2.05) is 49.4 Å². The Bertz CT molecular complexity index is 1430. The third kappa shape index (κ3) is 3.81. The molecule has 41 heavy (non-hydrogen) atoms. The number of fused-ring (bicyclic) bond motifs is 7. The Hall–Kier alpha value is -3.00. The number of ketones is 2. The molecule has 0 spiro atoms. The average Bonchev–Trinajstić information content (AvgIpc) is 2.93. The number of nitrogens with zero attached hydrogens (tertiary/aromatic N) is 1. The van der Waals surface area contributed by atoms with Crippen LogP contribution in [0.15, 0.2) is 53.6 Å². The SMILES string of the molecule is C[C@@H]1C(=O)C(C#N)=C[C@]2(C)C3=CC(=O)[C@@H]4[C@@H]5CC(C)(C)CC[C@]5(NC(=O)c5ccccc5)CC[C@@]4(C)[C@]3(C)CC[C@@H]12. The van der Waals surface area contributed by atoms with Gasteiger partial charge in [0.25, 0.3) is 5.91 Å². The highest BCUT2D eigenvalue weighted by atomic mass is 16.2. The molecule has 1 amide bonds. The fourth-order valence-electron chi connectivity index (χ4n) is 10.4. The van der Waals surface area contributed by atoms with E-state index in [1.165, 1.54) is 0 Å². The molecule has 5 aliphatic rings. The molecule has 0 saturated heterocycles. The van der Waals surface area contributed by atoms with E-state index in [-0.39, 0.29) is 63.0 Å². The summed E-state index contributed by atoms with van der Waals surface area (Å²) in [5.41, 5.74) is 0.659. The number of nitrogens with one attached hydrogen (secondary N) is 1. The van der Waals surface area contributed by atoms with Crippen molar-refractivity contribution in [1.82, 2.24) is 5.32 Å². The van der Waals surface area contributed by atoms with Gasteiger partial charge in [-0.2, -0.15) is 5.26 Å². The number of Topliss-reactive ketones (excluding diaryl/α,β-unsaturated/α-hetero) is 1. The van der Waals surface area contributed by atoms with Crippen molar-refractivity contribution < 1.29 is 14.4 Å². The molecule has 5 heteroatoms. The molecule has 0 unspecified atom stereocenters. The van der Waals surface area contributed by atoms with E-state index in [9.17, 15) is 19.6 Å². The number of hydrogen-bond acceptors (Lipinski definition) is 4. The maximum Gasteiger partial charge on any atom is 0.251 e. The quantitative estimate of drug-likeness (QED) is 0.428. The van der Waals surface area contributed by atoms with E-state index in [1.54, 1.807) is 0 Å². The van der Waals surface area contributed by atoms with Crippen molar-refractivity contribution >= 4 is 17.5 Å². The van der Waals surface area contributed by atoms with Crippen LogP contribution in [0.5, 0.6) is 0 Å². The Balaban J connectivity index is 1.46. The lowest BCUT2D eigenvalue weighted by atomic mass is 9.36. The first kappa shape index (κ1) is 28.1. The standard InChI is InChI=1S/C36H44N2O3/c1-22-25-12-13-34(5)28(33(25,4)19-24(21-37)30(22)40)18-27(39)29-26-20-32(2,3)14-16-36(26,17-15-35(29,34)6)38-31(41)23-10-8-7-9-11-23/h7-11,18-19,22,25-26,29H,12-17,20H2,1-6H3,(H,38,41)/t22-,25-,26-,29-,33-,34+,35+,36-/m0/s1. The third-order valence-corrected chi connectivity index (χ3v) is 12.9. The molecule has 5 nitrogen and oxygen atoms in total. The van der Waals surface area contributed by atoms with Crippen LogP contribution >= 0.6 is 0 Å². The molecule has 0 radical (unpaired) electrons. The van der Waals surface area contributed by atoms with Crippen LogP contribution in [0.1, 0.15) is 96.8 Å². The van der Waals surface area contributed by atoms with Crippen LogP contribution in [0, 0.1) is 56.7 Å². The zero-order chi connectivity index (χ0) is 29.6.